The number of amides is 1. The van der Waals surface area contributed by atoms with E-state index in [2.05, 4.69) is 21.2 Å². The van der Waals surface area contributed by atoms with Gasteiger partial charge in [0.25, 0.3) is 0 Å². The minimum absolute atomic E-state index is 0.188. The zero-order valence-electron chi connectivity index (χ0n) is 18.0. The maximum absolute atomic E-state index is 11.9. The van der Waals surface area contributed by atoms with Crippen molar-refractivity contribution in [1.82, 2.24) is 5.32 Å². The summed E-state index contributed by atoms with van der Waals surface area (Å²) in [5, 5.41) is 3.80. The first-order valence-corrected chi connectivity index (χ1v) is 11.5. The van der Waals surface area contributed by atoms with Crippen LogP contribution in [0.3, 0.4) is 0 Å². The fraction of sp³-hybridized carbons (Fsp3) is 0.458. The fourth-order valence-electron chi connectivity index (χ4n) is 2.75. The topological polar surface area (TPSA) is 56.8 Å². The average molecular weight is 478 g/mol. The van der Waals surface area contributed by atoms with Crippen molar-refractivity contribution in [3.63, 3.8) is 0 Å². The molecule has 0 saturated carbocycles. The van der Waals surface area contributed by atoms with Gasteiger partial charge in [0.2, 0.25) is 0 Å². The smallest absolute Gasteiger partial charge is 0.407 e. The van der Waals surface area contributed by atoms with Crippen LogP contribution in [0.2, 0.25) is 0 Å². The second-order valence-corrected chi connectivity index (χ2v) is 8.74. The Morgan fingerprint density at radius 1 is 1.00 bits per heavy atom. The van der Waals surface area contributed by atoms with Crippen LogP contribution in [0.25, 0.3) is 0 Å². The monoisotopic (exact) mass is 477 g/mol. The molecule has 0 fully saturated rings. The number of alkyl halides is 1. The van der Waals surface area contributed by atoms with Crippen LogP contribution in [-0.4, -0.2) is 30.2 Å². The summed E-state index contributed by atoms with van der Waals surface area (Å²) in [6.07, 6.45) is 2.12. The quantitative estimate of drug-likeness (QED) is 0.305. The second kappa shape index (κ2) is 12.5. The van der Waals surface area contributed by atoms with Gasteiger partial charge >= 0.3 is 6.09 Å². The van der Waals surface area contributed by atoms with Crippen molar-refractivity contribution < 1.29 is 19.0 Å². The van der Waals surface area contributed by atoms with Crippen molar-refractivity contribution in [2.45, 2.75) is 51.7 Å². The third kappa shape index (κ3) is 9.53. The van der Waals surface area contributed by atoms with Crippen LogP contribution < -0.4 is 14.8 Å². The summed E-state index contributed by atoms with van der Waals surface area (Å²) in [5.74, 6) is 1.59. The summed E-state index contributed by atoms with van der Waals surface area (Å²) in [7, 11) is 0. The normalized spacial score (nSPS) is 12.1. The lowest BCUT2D eigenvalue weighted by atomic mass is 10.1. The van der Waals surface area contributed by atoms with E-state index in [0.717, 1.165) is 35.2 Å². The third-order valence-electron chi connectivity index (χ3n) is 4.14. The molecule has 0 spiro atoms. The lowest BCUT2D eigenvalue weighted by molar-refractivity contribution is 0.0520. The van der Waals surface area contributed by atoms with Crippen LogP contribution in [-0.2, 0) is 4.74 Å². The zero-order chi connectivity index (χ0) is 21.8. The Morgan fingerprint density at radius 3 is 2.30 bits per heavy atom. The first-order chi connectivity index (χ1) is 14.4. The van der Waals surface area contributed by atoms with Crippen molar-refractivity contribution in [2.24, 2.45) is 0 Å². The van der Waals surface area contributed by atoms with Crippen LogP contribution in [0.5, 0.6) is 11.5 Å². The molecule has 0 aromatic heterocycles. The van der Waals surface area contributed by atoms with E-state index in [1.165, 1.54) is 0 Å². The van der Waals surface area contributed by atoms with Crippen LogP contribution in [0.4, 0.5) is 4.79 Å². The van der Waals surface area contributed by atoms with E-state index in [4.69, 9.17) is 14.2 Å². The molecule has 30 heavy (non-hydrogen) atoms. The lowest BCUT2D eigenvalue weighted by Gasteiger charge is -2.22. The van der Waals surface area contributed by atoms with Gasteiger partial charge in [0.05, 0.1) is 6.61 Å². The molecule has 0 bridgehead atoms. The van der Waals surface area contributed by atoms with Crippen molar-refractivity contribution >= 4 is 22.0 Å². The summed E-state index contributed by atoms with van der Waals surface area (Å²) in [5.41, 5.74) is 0.538. The molecule has 164 valence electrons. The van der Waals surface area contributed by atoms with Gasteiger partial charge in [0, 0.05) is 18.3 Å². The van der Waals surface area contributed by atoms with Gasteiger partial charge in [0.15, 0.2) is 0 Å². The first kappa shape index (κ1) is 24.1. The molecule has 1 N–H and O–H groups in total. The van der Waals surface area contributed by atoms with Crippen LogP contribution in [0.15, 0.2) is 54.6 Å². The van der Waals surface area contributed by atoms with E-state index in [9.17, 15) is 4.79 Å². The molecule has 0 aliphatic rings. The van der Waals surface area contributed by atoms with Crippen molar-refractivity contribution in [3.8, 4) is 11.5 Å². The third-order valence-corrected chi connectivity index (χ3v) is 4.71. The minimum atomic E-state index is -0.516. The van der Waals surface area contributed by atoms with E-state index in [1.807, 2.05) is 75.4 Å². The number of hydrogen-bond acceptors (Lipinski definition) is 4. The van der Waals surface area contributed by atoms with E-state index >= 15 is 0 Å². The lowest BCUT2D eigenvalue weighted by Crippen LogP contribution is -2.33. The molecular weight excluding hydrogens is 446 g/mol. The standard InChI is InChI=1S/C24H32BrNO4/c1-24(2,3)30-23(27)26-17-15-22(19-9-5-4-6-10-19)29-21-13-11-20(12-14-21)28-18-8-7-16-25/h4-6,9-14,22H,7-8,15-18H2,1-3H3,(H,26,27). The van der Waals surface area contributed by atoms with E-state index < -0.39 is 11.7 Å². The molecule has 6 heteroatoms. The van der Waals surface area contributed by atoms with Gasteiger partial charge in [-0.1, -0.05) is 46.3 Å². The Labute approximate surface area is 188 Å². The maximum atomic E-state index is 11.9. The number of nitrogens with one attached hydrogen (secondary N) is 1. The number of benzene rings is 2. The molecular formula is C24H32BrNO4. The summed E-state index contributed by atoms with van der Waals surface area (Å²) in [6.45, 7) is 6.69. The zero-order valence-corrected chi connectivity index (χ0v) is 19.6. The highest BCUT2D eigenvalue weighted by Crippen LogP contribution is 2.26. The number of ether oxygens (including phenoxy) is 3. The number of halogens is 1. The Balaban J connectivity index is 1.93. The van der Waals surface area contributed by atoms with Gasteiger partial charge in [-0.3, -0.25) is 0 Å². The minimum Gasteiger partial charge on any atom is -0.494 e. The second-order valence-electron chi connectivity index (χ2n) is 7.95. The van der Waals surface area contributed by atoms with Gasteiger partial charge in [-0.2, -0.15) is 0 Å². The number of hydrogen-bond donors (Lipinski definition) is 1. The molecule has 0 saturated heterocycles. The predicted molar refractivity (Wildman–Crippen MR) is 124 cm³/mol. The Hall–Kier alpha value is -2.21. The molecule has 0 aliphatic carbocycles. The Bertz CT molecular complexity index is 744. The highest BCUT2D eigenvalue weighted by molar-refractivity contribution is 9.09. The Morgan fingerprint density at radius 2 is 1.67 bits per heavy atom. The molecule has 0 radical (unpaired) electrons. The van der Waals surface area contributed by atoms with Gasteiger partial charge in [-0.25, -0.2) is 4.79 Å². The van der Waals surface area contributed by atoms with Gasteiger partial charge < -0.3 is 19.5 Å². The van der Waals surface area contributed by atoms with Crippen molar-refractivity contribution in [1.29, 1.82) is 0 Å². The predicted octanol–water partition coefficient (Wildman–Crippen LogP) is 6.28. The van der Waals surface area contributed by atoms with Crippen molar-refractivity contribution in [2.75, 3.05) is 18.5 Å². The van der Waals surface area contributed by atoms with E-state index in [1.54, 1.807) is 0 Å². The van der Waals surface area contributed by atoms with E-state index in [-0.39, 0.29) is 6.10 Å². The summed E-state index contributed by atoms with van der Waals surface area (Å²) in [4.78, 5) is 11.9. The molecule has 1 atom stereocenters. The number of alkyl carbamates (subject to hydrolysis) is 1. The molecule has 0 heterocycles. The molecule has 1 unspecified atom stereocenters. The van der Waals surface area contributed by atoms with Crippen LogP contribution >= 0.6 is 15.9 Å². The highest BCUT2D eigenvalue weighted by Gasteiger charge is 2.18. The summed E-state index contributed by atoms with van der Waals surface area (Å²) in [6, 6.07) is 17.7. The molecule has 1 amide bonds. The maximum Gasteiger partial charge on any atom is 0.407 e. The largest absolute Gasteiger partial charge is 0.494 e. The number of rotatable bonds is 11. The molecule has 2 rings (SSSR count). The molecule has 2 aromatic carbocycles. The number of unbranched alkanes of at least 4 members (excludes halogenated alkanes) is 1. The highest BCUT2D eigenvalue weighted by atomic mass is 79.9. The van der Waals surface area contributed by atoms with Crippen molar-refractivity contribution in [3.05, 3.63) is 60.2 Å². The van der Waals surface area contributed by atoms with Gasteiger partial charge in [-0.15, -0.1) is 0 Å². The first-order valence-electron chi connectivity index (χ1n) is 10.3. The average Bonchev–Trinajstić information content (AvgIpc) is 2.71. The Kier molecular flexibility index (Phi) is 10.0. The fourth-order valence-corrected chi connectivity index (χ4v) is 3.14. The molecule has 5 nitrogen and oxygen atoms in total. The van der Waals surface area contributed by atoms with Crippen LogP contribution in [0, 0.1) is 0 Å². The van der Waals surface area contributed by atoms with Crippen LogP contribution in [0.1, 0.15) is 51.7 Å². The molecule has 0 aliphatic heterocycles. The molecule has 2 aromatic rings. The summed E-state index contributed by atoms with van der Waals surface area (Å²) >= 11 is 3.42. The number of carbonyl (C=O) groups excluding carboxylic acids is 1. The number of carbonyl (C=O) groups is 1. The van der Waals surface area contributed by atoms with Gasteiger partial charge in [-0.05, 0) is 63.4 Å². The summed E-state index contributed by atoms with van der Waals surface area (Å²) < 4.78 is 17.3. The van der Waals surface area contributed by atoms with Gasteiger partial charge in [0.1, 0.15) is 23.2 Å². The SMILES string of the molecule is CC(C)(C)OC(=O)NCCC(Oc1ccc(OCCCCBr)cc1)c1ccccc1. The van der Waals surface area contributed by atoms with E-state index in [0.29, 0.717) is 19.6 Å².